The number of ether oxygens (including phenoxy) is 2. The first kappa shape index (κ1) is 19.3. The predicted octanol–water partition coefficient (Wildman–Crippen LogP) is 2.20. The van der Waals surface area contributed by atoms with Gasteiger partial charge >= 0.3 is 0 Å². The first-order chi connectivity index (χ1) is 8.84. The van der Waals surface area contributed by atoms with Gasteiger partial charge in [0.1, 0.15) is 0 Å². The second kappa shape index (κ2) is 7.90. The number of rotatable bonds is 5. The van der Waals surface area contributed by atoms with Gasteiger partial charge in [-0.25, -0.2) is 0 Å². The first-order valence-electron chi connectivity index (χ1n) is 5.78. The van der Waals surface area contributed by atoms with E-state index in [1.54, 1.807) is 19.2 Å². The van der Waals surface area contributed by atoms with Crippen LogP contribution in [0.15, 0.2) is 12.1 Å². The average Bonchev–Trinajstić information content (AvgIpc) is 2.37. The van der Waals surface area contributed by atoms with Crippen molar-refractivity contribution in [2.24, 2.45) is 5.73 Å². The molecule has 20 heavy (non-hydrogen) atoms. The van der Waals surface area contributed by atoms with Crippen LogP contribution in [0.4, 0.5) is 0 Å². The fourth-order valence-corrected chi connectivity index (χ4v) is 2.14. The SMILES string of the molecule is COc1cc(I)c(C(=O)NC(C)(C)CN)cc1OC.Cl. The maximum absolute atomic E-state index is 12.2. The molecule has 0 atom stereocenters. The standard InChI is InChI=1S/C13H19IN2O3.ClH/c1-13(2,7-15)16-12(17)8-5-10(18-3)11(19-4)6-9(8)14;/h5-6H,7,15H2,1-4H3,(H,16,17);1H. The minimum Gasteiger partial charge on any atom is -0.493 e. The molecule has 0 heterocycles. The summed E-state index contributed by atoms with van der Waals surface area (Å²) in [5, 5.41) is 2.89. The number of amides is 1. The maximum atomic E-state index is 12.2. The second-order valence-corrected chi connectivity index (χ2v) is 5.89. The summed E-state index contributed by atoms with van der Waals surface area (Å²) in [5.74, 6) is 0.945. The zero-order valence-corrected chi connectivity index (χ0v) is 14.9. The van der Waals surface area contributed by atoms with E-state index >= 15 is 0 Å². The molecule has 1 aromatic rings. The first-order valence-corrected chi connectivity index (χ1v) is 6.86. The van der Waals surface area contributed by atoms with Crippen LogP contribution < -0.4 is 20.5 Å². The average molecular weight is 415 g/mol. The Labute approximate surface area is 139 Å². The molecule has 0 aromatic heterocycles. The number of nitrogens with two attached hydrogens (primary N) is 1. The molecule has 0 spiro atoms. The van der Waals surface area contributed by atoms with E-state index in [0.717, 1.165) is 3.57 Å². The number of nitrogens with one attached hydrogen (secondary N) is 1. The van der Waals surface area contributed by atoms with E-state index in [2.05, 4.69) is 27.9 Å². The lowest BCUT2D eigenvalue weighted by atomic mass is 10.1. The van der Waals surface area contributed by atoms with Gasteiger partial charge in [0.25, 0.3) is 5.91 Å². The zero-order valence-electron chi connectivity index (χ0n) is 12.0. The topological polar surface area (TPSA) is 73.6 Å². The number of carbonyl (C=O) groups excluding carboxylic acids is 1. The molecular formula is C13H20ClIN2O3. The quantitative estimate of drug-likeness (QED) is 0.725. The van der Waals surface area contributed by atoms with Crippen LogP contribution in [-0.4, -0.2) is 32.2 Å². The van der Waals surface area contributed by atoms with E-state index in [4.69, 9.17) is 15.2 Å². The van der Waals surface area contributed by atoms with Crippen molar-refractivity contribution < 1.29 is 14.3 Å². The molecule has 0 aliphatic heterocycles. The van der Waals surface area contributed by atoms with Gasteiger partial charge in [-0.2, -0.15) is 0 Å². The van der Waals surface area contributed by atoms with Crippen molar-refractivity contribution in [1.82, 2.24) is 5.32 Å². The minimum atomic E-state index is -0.451. The maximum Gasteiger partial charge on any atom is 0.252 e. The molecule has 114 valence electrons. The summed E-state index contributed by atoms with van der Waals surface area (Å²) in [4.78, 5) is 12.2. The molecule has 0 radical (unpaired) electrons. The van der Waals surface area contributed by atoms with Gasteiger partial charge in [-0.1, -0.05) is 0 Å². The van der Waals surface area contributed by atoms with E-state index in [9.17, 15) is 4.79 Å². The number of halogens is 2. The second-order valence-electron chi connectivity index (χ2n) is 4.73. The lowest BCUT2D eigenvalue weighted by molar-refractivity contribution is 0.0914. The third kappa shape index (κ3) is 4.68. The highest BCUT2D eigenvalue weighted by Crippen LogP contribution is 2.31. The summed E-state index contributed by atoms with van der Waals surface area (Å²) in [6, 6.07) is 3.44. The van der Waals surface area contributed by atoms with Crippen LogP contribution in [0.25, 0.3) is 0 Å². The molecule has 0 saturated carbocycles. The Hall–Kier alpha value is -0.730. The van der Waals surface area contributed by atoms with Crippen molar-refractivity contribution in [2.45, 2.75) is 19.4 Å². The van der Waals surface area contributed by atoms with Gasteiger partial charge < -0.3 is 20.5 Å². The molecule has 5 nitrogen and oxygen atoms in total. The highest BCUT2D eigenvalue weighted by atomic mass is 127. The van der Waals surface area contributed by atoms with Gasteiger partial charge in [0.15, 0.2) is 11.5 Å². The third-order valence-electron chi connectivity index (χ3n) is 2.68. The smallest absolute Gasteiger partial charge is 0.252 e. The van der Waals surface area contributed by atoms with Crippen molar-refractivity contribution in [3.8, 4) is 11.5 Å². The molecule has 0 bridgehead atoms. The lowest BCUT2D eigenvalue weighted by Crippen LogP contribution is -2.49. The van der Waals surface area contributed by atoms with Gasteiger partial charge in [-0.05, 0) is 48.6 Å². The highest BCUT2D eigenvalue weighted by molar-refractivity contribution is 14.1. The molecule has 1 aromatic carbocycles. The minimum absolute atomic E-state index is 0. The van der Waals surface area contributed by atoms with Crippen LogP contribution in [0.5, 0.6) is 11.5 Å². The van der Waals surface area contributed by atoms with Crippen LogP contribution in [0.2, 0.25) is 0 Å². The third-order valence-corrected chi connectivity index (χ3v) is 3.57. The normalized spacial score (nSPS) is 10.5. The van der Waals surface area contributed by atoms with Crippen molar-refractivity contribution in [1.29, 1.82) is 0 Å². The lowest BCUT2D eigenvalue weighted by Gasteiger charge is -2.24. The van der Waals surface area contributed by atoms with Crippen molar-refractivity contribution >= 4 is 40.9 Å². The summed E-state index contributed by atoms with van der Waals surface area (Å²) in [6.45, 7) is 4.11. The van der Waals surface area contributed by atoms with E-state index in [0.29, 0.717) is 23.6 Å². The van der Waals surface area contributed by atoms with Crippen LogP contribution in [0.1, 0.15) is 24.2 Å². The van der Waals surface area contributed by atoms with Gasteiger partial charge in [0.2, 0.25) is 0 Å². The Kier molecular flexibility index (Phi) is 7.61. The van der Waals surface area contributed by atoms with Gasteiger partial charge in [-0.3, -0.25) is 4.79 Å². The number of methoxy groups -OCH3 is 2. The molecule has 7 heteroatoms. The number of hydrogen-bond acceptors (Lipinski definition) is 4. The fourth-order valence-electron chi connectivity index (χ4n) is 1.45. The van der Waals surface area contributed by atoms with Gasteiger partial charge in [-0.15, -0.1) is 12.4 Å². The number of hydrogen-bond donors (Lipinski definition) is 2. The molecule has 0 fully saturated rings. The molecule has 1 amide bonds. The summed E-state index contributed by atoms with van der Waals surface area (Å²) >= 11 is 2.09. The number of carbonyl (C=O) groups is 1. The molecule has 3 N–H and O–H groups in total. The molecule has 0 unspecified atom stereocenters. The molecule has 0 aliphatic carbocycles. The molecule has 1 rings (SSSR count). The predicted molar refractivity (Wildman–Crippen MR) is 90.1 cm³/mol. The van der Waals surface area contributed by atoms with E-state index in [1.807, 2.05) is 13.8 Å². The molecule has 0 saturated heterocycles. The van der Waals surface area contributed by atoms with Gasteiger partial charge in [0.05, 0.1) is 19.8 Å². The largest absolute Gasteiger partial charge is 0.493 e. The summed E-state index contributed by atoms with van der Waals surface area (Å²) in [7, 11) is 3.10. The number of benzene rings is 1. The summed E-state index contributed by atoms with van der Waals surface area (Å²) in [6.07, 6.45) is 0. The van der Waals surface area contributed by atoms with Crippen molar-refractivity contribution in [3.05, 3.63) is 21.3 Å². The van der Waals surface area contributed by atoms with Crippen LogP contribution in [0.3, 0.4) is 0 Å². The van der Waals surface area contributed by atoms with E-state index in [1.165, 1.54) is 7.11 Å². The summed E-state index contributed by atoms with van der Waals surface area (Å²) in [5.41, 5.74) is 5.70. The van der Waals surface area contributed by atoms with E-state index in [-0.39, 0.29) is 18.3 Å². The van der Waals surface area contributed by atoms with E-state index < -0.39 is 5.54 Å². The fraction of sp³-hybridized carbons (Fsp3) is 0.462. The Morgan fingerprint density at radius 3 is 2.25 bits per heavy atom. The molecule has 0 aliphatic rings. The van der Waals surface area contributed by atoms with Crippen molar-refractivity contribution in [2.75, 3.05) is 20.8 Å². The zero-order chi connectivity index (χ0) is 14.6. The Morgan fingerprint density at radius 1 is 1.30 bits per heavy atom. The monoisotopic (exact) mass is 414 g/mol. The Morgan fingerprint density at radius 2 is 1.80 bits per heavy atom. The van der Waals surface area contributed by atoms with Crippen LogP contribution >= 0.6 is 35.0 Å². The highest BCUT2D eigenvalue weighted by Gasteiger charge is 2.22. The van der Waals surface area contributed by atoms with Crippen LogP contribution in [-0.2, 0) is 0 Å². The van der Waals surface area contributed by atoms with Crippen LogP contribution in [0, 0.1) is 3.57 Å². The Balaban J connectivity index is 0.00000361. The van der Waals surface area contributed by atoms with Crippen molar-refractivity contribution in [3.63, 3.8) is 0 Å². The van der Waals surface area contributed by atoms with Gasteiger partial charge in [0, 0.05) is 15.7 Å². The summed E-state index contributed by atoms with van der Waals surface area (Å²) < 4.78 is 11.2. The molecular weight excluding hydrogens is 395 g/mol. The Bertz CT molecular complexity index is 481.